The molecular weight excluding hydrogens is 366 g/mol. The molecule has 2 aromatic heterocycles. The number of hydrogen-bond donors (Lipinski definition) is 2. The molecule has 1 aliphatic heterocycles. The highest BCUT2D eigenvalue weighted by Crippen LogP contribution is 2.22. The Kier molecular flexibility index (Phi) is 6.13. The third-order valence-corrected chi connectivity index (χ3v) is 4.79. The maximum atomic E-state index is 12.4. The maximum Gasteiger partial charge on any atom is 0.277 e. The van der Waals surface area contributed by atoms with Gasteiger partial charge in [0.25, 0.3) is 5.91 Å². The number of carbonyl (C=O) groups is 1. The summed E-state index contributed by atoms with van der Waals surface area (Å²) in [5, 5.41) is 15.4. The van der Waals surface area contributed by atoms with Crippen molar-refractivity contribution in [3.63, 3.8) is 0 Å². The minimum Gasteiger partial charge on any atom is -0.461 e. The zero-order valence-corrected chi connectivity index (χ0v) is 16.1. The Bertz CT molecular complexity index is 914. The van der Waals surface area contributed by atoms with Crippen molar-refractivity contribution in [1.29, 1.82) is 0 Å². The Morgan fingerprint density at radius 3 is 3.07 bits per heavy atom. The third-order valence-electron chi connectivity index (χ3n) is 4.79. The van der Waals surface area contributed by atoms with Crippen molar-refractivity contribution in [1.82, 2.24) is 20.3 Å². The number of rotatable bonds is 5. The Morgan fingerprint density at radius 2 is 2.26 bits per heavy atom. The summed E-state index contributed by atoms with van der Waals surface area (Å²) in [7, 11) is 0. The first-order valence-electron chi connectivity index (χ1n) is 9.12. The van der Waals surface area contributed by atoms with Gasteiger partial charge in [-0.15, -0.1) is 17.5 Å². The number of halogens is 1. The van der Waals surface area contributed by atoms with Gasteiger partial charge in [-0.2, -0.15) is 0 Å². The predicted octanol–water partition coefficient (Wildman–Crippen LogP) is 3.54. The van der Waals surface area contributed by atoms with E-state index in [2.05, 4.69) is 20.9 Å². The van der Waals surface area contributed by atoms with Crippen molar-refractivity contribution >= 4 is 35.0 Å². The molecule has 0 spiro atoms. The fourth-order valence-electron chi connectivity index (χ4n) is 3.42. The van der Waals surface area contributed by atoms with Crippen LogP contribution in [0.15, 0.2) is 34.9 Å². The molecule has 0 bridgehead atoms. The number of amides is 1. The lowest BCUT2D eigenvalue weighted by Gasteiger charge is -2.23. The quantitative estimate of drug-likeness (QED) is 0.697. The van der Waals surface area contributed by atoms with Gasteiger partial charge >= 0.3 is 0 Å². The number of fused-ring (bicyclic) bond motifs is 1. The summed E-state index contributed by atoms with van der Waals surface area (Å²) in [6.07, 6.45) is 6.45. The zero-order valence-electron chi connectivity index (χ0n) is 15.3. The normalized spacial score (nSPS) is 16.9. The SMILES string of the molecule is Cc1cc2cc(NC(=O)c3cn(CCC4CCCCN4)nn3)ccc2o1.Cl. The summed E-state index contributed by atoms with van der Waals surface area (Å²) < 4.78 is 7.29. The van der Waals surface area contributed by atoms with Crippen LogP contribution in [0.1, 0.15) is 41.9 Å². The standard InChI is InChI=1S/C19H23N5O2.ClH/c1-13-10-14-11-16(5-6-18(14)26-13)21-19(25)17-12-24(23-22-17)9-7-15-4-2-3-8-20-15;/h5-6,10-12,15,20H,2-4,7-9H2,1H3,(H,21,25);1H. The molecule has 1 atom stereocenters. The van der Waals surface area contributed by atoms with Gasteiger partial charge < -0.3 is 15.1 Å². The minimum absolute atomic E-state index is 0. The van der Waals surface area contributed by atoms with Crippen LogP contribution in [-0.4, -0.2) is 33.5 Å². The van der Waals surface area contributed by atoms with Crippen LogP contribution < -0.4 is 10.6 Å². The molecule has 0 aliphatic carbocycles. The Hall–Kier alpha value is -2.38. The van der Waals surface area contributed by atoms with Gasteiger partial charge in [0.05, 0.1) is 6.20 Å². The molecule has 1 saturated heterocycles. The average molecular weight is 390 g/mol. The van der Waals surface area contributed by atoms with E-state index in [9.17, 15) is 4.79 Å². The second kappa shape index (κ2) is 8.54. The monoisotopic (exact) mass is 389 g/mol. The molecule has 2 N–H and O–H groups in total. The highest BCUT2D eigenvalue weighted by atomic mass is 35.5. The lowest BCUT2D eigenvalue weighted by Crippen LogP contribution is -2.34. The topological polar surface area (TPSA) is 85.0 Å². The second-order valence-corrected chi connectivity index (χ2v) is 6.87. The van der Waals surface area contributed by atoms with Crippen molar-refractivity contribution in [2.45, 2.75) is 45.2 Å². The molecule has 144 valence electrons. The maximum absolute atomic E-state index is 12.4. The molecule has 8 heteroatoms. The highest BCUT2D eigenvalue weighted by Gasteiger charge is 2.15. The molecule has 4 rings (SSSR count). The number of benzene rings is 1. The Labute approximate surface area is 163 Å². The predicted molar refractivity (Wildman–Crippen MR) is 106 cm³/mol. The molecule has 0 radical (unpaired) electrons. The van der Waals surface area contributed by atoms with E-state index in [1.165, 1.54) is 19.3 Å². The molecule has 1 amide bonds. The summed E-state index contributed by atoms with van der Waals surface area (Å²) in [5.41, 5.74) is 1.84. The summed E-state index contributed by atoms with van der Waals surface area (Å²) in [6, 6.07) is 8.05. The van der Waals surface area contributed by atoms with Crippen LogP contribution in [0.4, 0.5) is 5.69 Å². The number of anilines is 1. The molecule has 27 heavy (non-hydrogen) atoms. The van der Waals surface area contributed by atoms with E-state index < -0.39 is 0 Å². The summed E-state index contributed by atoms with van der Waals surface area (Å²) in [6.45, 7) is 3.76. The molecule has 0 saturated carbocycles. The number of piperidine rings is 1. The van der Waals surface area contributed by atoms with E-state index in [-0.39, 0.29) is 18.3 Å². The Morgan fingerprint density at radius 1 is 1.37 bits per heavy atom. The van der Waals surface area contributed by atoms with Crippen LogP contribution in [0.2, 0.25) is 0 Å². The number of nitrogens with zero attached hydrogens (tertiary/aromatic N) is 3. The summed E-state index contributed by atoms with van der Waals surface area (Å²) in [4.78, 5) is 12.4. The van der Waals surface area contributed by atoms with Gasteiger partial charge in [-0.3, -0.25) is 9.48 Å². The van der Waals surface area contributed by atoms with Gasteiger partial charge in [0, 0.05) is 23.7 Å². The number of hydrogen-bond acceptors (Lipinski definition) is 5. The molecular formula is C19H24ClN5O2. The van der Waals surface area contributed by atoms with Gasteiger partial charge in [0.1, 0.15) is 11.3 Å². The van der Waals surface area contributed by atoms with Crippen LogP contribution in [0.25, 0.3) is 11.0 Å². The zero-order chi connectivity index (χ0) is 17.9. The number of aryl methyl sites for hydroxylation is 2. The van der Waals surface area contributed by atoms with Gasteiger partial charge in [-0.25, -0.2) is 0 Å². The van der Waals surface area contributed by atoms with Crippen molar-refractivity contribution < 1.29 is 9.21 Å². The van der Waals surface area contributed by atoms with Crippen LogP contribution in [0, 0.1) is 6.92 Å². The second-order valence-electron chi connectivity index (χ2n) is 6.87. The average Bonchev–Trinajstić information content (AvgIpc) is 3.26. The van der Waals surface area contributed by atoms with E-state index in [1.54, 1.807) is 10.9 Å². The third kappa shape index (κ3) is 4.67. The molecule has 1 aliphatic rings. The lowest BCUT2D eigenvalue weighted by atomic mass is 10.0. The van der Waals surface area contributed by atoms with Gasteiger partial charge in [0.15, 0.2) is 5.69 Å². The molecule has 7 nitrogen and oxygen atoms in total. The van der Waals surface area contributed by atoms with Crippen molar-refractivity contribution in [2.75, 3.05) is 11.9 Å². The molecule has 1 unspecified atom stereocenters. The number of aromatic nitrogens is 3. The molecule has 3 aromatic rings. The first-order valence-corrected chi connectivity index (χ1v) is 9.12. The van der Waals surface area contributed by atoms with Crippen molar-refractivity contribution in [3.05, 3.63) is 41.9 Å². The van der Waals surface area contributed by atoms with E-state index in [0.717, 1.165) is 36.2 Å². The fourth-order valence-corrected chi connectivity index (χ4v) is 3.42. The van der Waals surface area contributed by atoms with Crippen molar-refractivity contribution in [3.8, 4) is 0 Å². The summed E-state index contributed by atoms with van der Waals surface area (Å²) in [5.74, 6) is 0.588. The molecule has 3 heterocycles. The highest BCUT2D eigenvalue weighted by molar-refractivity contribution is 6.03. The number of carbonyl (C=O) groups excluding carboxylic acids is 1. The first kappa shape index (κ1) is 19.4. The van der Waals surface area contributed by atoms with Crippen LogP contribution in [-0.2, 0) is 6.54 Å². The van der Waals surface area contributed by atoms with E-state index in [1.807, 2.05) is 31.2 Å². The number of furan rings is 1. The van der Waals surface area contributed by atoms with Crippen molar-refractivity contribution in [2.24, 2.45) is 0 Å². The smallest absolute Gasteiger partial charge is 0.277 e. The fraction of sp³-hybridized carbons (Fsp3) is 0.421. The minimum atomic E-state index is -0.258. The van der Waals surface area contributed by atoms with Crippen LogP contribution in [0.5, 0.6) is 0 Å². The van der Waals surface area contributed by atoms with E-state index in [4.69, 9.17) is 4.42 Å². The van der Waals surface area contributed by atoms with E-state index in [0.29, 0.717) is 17.4 Å². The van der Waals surface area contributed by atoms with Crippen LogP contribution >= 0.6 is 12.4 Å². The lowest BCUT2D eigenvalue weighted by molar-refractivity contribution is 0.102. The molecule has 1 fully saturated rings. The van der Waals surface area contributed by atoms with E-state index >= 15 is 0 Å². The van der Waals surface area contributed by atoms with Gasteiger partial charge in [-0.05, 0) is 57.0 Å². The van der Waals surface area contributed by atoms with Crippen LogP contribution in [0.3, 0.4) is 0 Å². The number of nitrogens with one attached hydrogen (secondary N) is 2. The summed E-state index contributed by atoms with van der Waals surface area (Å²) >= 11 is 0. The van der Waals surface area contributed by atoms with Gasteiger partial charge in [0.2, 0.25) is 0 Å². The van der Waals surface area contributed by atoms with Gasteiger partial charge in [-0.1, -0.05) is 11.6 Å². The molecule has 1 aromatic carbocycles. The Balaban J connectivity index is 0.00000210. The largest absolute Gasteiger partial charge is 0.461 e. The first-order chi connectivity index (χ1) is 12.7.